The number of aromatic nitrogens is 2. The smallest absolute Gasteiger partial charge is 0.240 e. The van der Waals surface area contributed by atoms with Gasteiger partial charge in [-0.05, 0) is 12.1 Å². The van der Waals surface area contributed by atoms with Crippen molar-refractivity contribution in [3.8, 4) is 5.75 Å². The number of hydrogen-bond donors (Lipinski definition) is 2. The first-order valence-electron chi connectivity index (χ1n) is 8.61. The molecule has 0 aliphatic carbocycles. The van der Waals surface area contributed by atoms with Crippen LogP contribution in [0.4, 0.5) is 11.6 Å². The monoisotopic (exact) mass is 393 g/mol. The number of ether oxygens (including phenoxy) is 2. The van der Waals surface area contributed by atoms with Crippen molar-refractivity contribution >= 4 is 21.7 Å². The molecule has 27 heavy (non-hydrogen) atoms. The van der Waals surface area contributed by atoms with Crippen LogP contribution < -0.4 is 19.7 Å². The van der Waals surface area contributed by atoms with Crippen LogP contribution in [0.1, 0.15) is 0 Å². The number of nitrogens with one attached hydrogen (secondary N) is 2. The first-order valence-corrected chi connectivity index (χ1v) is 10.1. The maximum Gasteiger partial charge on any atom is 0.240 e. The molecule has 1 aromatic heterocycles. The zero-order chi connectivity index (χ0) is 19.1. The molecule has 10 heteroatoms. The van der Waals surface area contributed by atoms with Gasteiger partial charge in [-0.2, -0.15) is 0 Å². The third-order valence-electron chi connectivity index (χ3n) is 4.06. The highest BCUT2D eigenvalue weighted by atomic mass is 32.2. The van der Waals surface area contributed by atoms with E-state index in [1.807, 2.05) is 6.07 Å². The van der Waals surface area contributed by atoms with Gasteiger partial charge in [0, 0.05) is 38.3 Å². The van der Waals surface area contributed by atoms with Crippen LogP contribution >= 0.6 is 0 Å². The summed E-state index contributed by atoms with van der Waals surface area (Å²) in [6, 6.07) is 8.19. The summed E-state index contributed by atoms with van der Waals surface area (Å²) in [4.78, 5) is 10.7. The van der Waals surface area contributed by atoms with Crippen LogP contribution in [0.5, 0.6) is 5.75 Å². The Morgan fingerprint density at radius 1 is 1.19 bits per heavy atom. The van der Waals surface area contributed by atoms with Crippen molar-refractivity contribution in [2.45, 2.75) is 4.90 Å². The van der Waals surface area contributed by atoms with E-state index in [1.54, 1.807) is 12.1 Å². The lowest BCUT2D eigenvalue weighted by Crippen LogP contribution is -2.36. The fourth-order valence-corrected chi connectivity index (χ4v) is 3.70. The average molecular weight is 393 g/mol. The van der Waals surface area contributed by atoms with E-state index in [2.05, 4.69) is 24.9 Å². The highest BCUT2D eigenvalue weighted by molar-refractivity contribution is 7.89. The van der Waals surface area contributed by atoms with Crippen molar-refractivity contribution in [3.63, 3.8) is 0 Å². The number of methoxy groups -OCH3 is 1. The second-order valence-electron chi connectivity index (χ2n) is 5.86. The van der Waals surface area contributed by atoms with E-state index in [1.165, 1.54) is 25.6 Å². The van der Waals surface area contributed by atoms with Gasteiger partial charge < -0.3 is 19.7 Å². The third kappa shape index (κ3) is 5.28. The number of nitrogens with zero attached hydrogens (tertiary/aromatic N) is 3. The number of sulfonamides is 1. The van der Waals surface area contributed by atoms with Gasteiger partial charge in [-0.1, -0.05) is 6.07 Å². The molecule has 1 aliphatic heterocycles. The Hall–Kier alpha value is -2.43. The molecule has 1 aromatic carbocycles. The molecule has 0 atom stereocenters. The van der Waals surface area contributed by atoms with Gasteiger partial charge in [-0.15, -0.1) is 0 Å². The van der Waals surface area contributed by atoms with Gasteiger partial charge in [-0.25, -0.2) is 23.1 Å². The Morgan fingerprint density at radius 3 is 2.78 bits per heavy atom. The van der Waals surface area contributed by atoms with Crippen LogP contribution in [0.15, 0.2) is 41.6 Å². The standard InChI is InChI=1S/C17H23N5O4S/c1-25-14-3-2-4-15(11-14)27(23,24)21-6-5-18-16-12-17(20-13-19-16)22-7-9-26-10-8-22/h2-4,11-13,21H,5-10H2,1H3,(H,18,19,20). The van der Waals surface area contributed by atoms with Gasteiger partial charge in [0.25, 0.3) is 0 Å². The van der Waals surface area contributed by atoms with E-state index < -0.39 is 10.0 Å². The van der Waals surface area contributed by atoms with E-state index in [0.29, 0.717) is 31.3 Å². The normalized spacial score (nSPS) is 14.8. The predicted octanol–water partition coefficient (Wildman–Crippen LogP) is 0.712. The molecule has 3 rings (SSSR count). The van der Waals surface area contributed by atoms with Gasteiger partial charge in [0.2, 0.25) is 10.0 Å². The molecule has 9 nitrogen and oxygen atoms in total. The Balaban J connectivity index is 1.52. The van der Waals surface area contributed by atoms with Crippen LogP contribution in [-0.2, 0) is 14.8 Å². The molecule has 0 bridgehead atoms. The van der Waals surface area contributed by atoms with Crippen LogP contribution in [0.25, 0.3) is 0 Å². The van der Waals surface area contributed by atoms with Crippen LogP contribution in [-0.4, -0.2) is 64.9 Å². The summed E-state index contributed by atoms with van der Waals surface area (Å²) < 4.78 is 37.6. The molecule has 0 spiro atoms. The zero-order valence-electron chi connectivity index (χ0n) is 15.1. The van der Waals surface area contributed by atoms with Gasteiger partial charge in [0.1, 0.15) is 23.7 Å². The summed E-state index contributed by atoms with van der Waals surface area (Å²) in [5, 5.41) is 3.11. The largest absolute Gasteiger partial charge is 0.497 e. The summed E-state index contributed by atoms with van der Waals surface area (Å²) in [5.41, 5.74) is 0. The highest BCUT2D eigenvalue weighted by Crippen LogP contribution is 2.17. The van der Waals surface area contributed by atoms with Crippen LogP contribution in [0.2, 0.25) is 0 Å². The van der Waals surface area contributed by atoms with Crippen LogP contribution in [0.3, 0.4) is 0 Å². The second-order valence-corrected chi connectivity index (χ2v) is 7.63. The molecule has 2 heterocycles. The number of morpholine rings is 1. The van der Waals surface area contributed by atoms with Gasteiger partial charge >= 0.3 is 0 Å². The van der Waals surface area contributed by atoms with Gasteiger partial charge in [0.15, 0.2) is 0 Å². The van der Waals surface area contributed by atoms with Crippen molar-refractivity contribution in [1.29, 1.82) is 0 Å². The second kappa shape index (κ2) is 8.98. The maximum atomic E-state index is 12.3. The van der Waals surface area contributed by atoms with Gasteiger partial charge in [0.05, 0.1) is 25.2 Å². The molecule has 2 N–H and O–H groups in total. The quantitative estimate of drug-likeness (QED) is 0.632. The lowest BCUT2D eigenvalue weighted by molar-refractivity contribution is 0.122. The summed E-state index contributed by atoms with van der Waals surface area (Å²) in [7, 11) is -2.10. The fourth-order valence-electron chi connectivity index (χ4n) is 2.64. The van der Waals surface area contributed by atoms with Crippen molar-refractivity contribution in [2.24, 2.45) is 0 Å². The first kappa shape index (κ1) is 19.3. The summed E-state index contributed by atoms with van der Waals surface area (Å²) in [6.07, 6.45) is 1.49. The zero-order valence-corrected chi connectivity index (χ0v) is 15.9. The van der Waals surface area contributed by atoms with Crippen molar-refractivity contribution in [3.05, 3.63) is 36.7 Å². The Kier molecular flexibility index (Phi) is 6.43. The lowest BCUT2D eigenvalue weighted by Gasteiger charge is -2.27. The molecule has 2 aromatic rings. The topological polar surface area (TPSA) is 106 Å². The SMILES string of the molecule is COc1cccc(S(=O)(=O)NCCNc2cc(N3CCOCC3)ncn2)c1. The lowest BCUT2D eigenvalue weighted by atomic mass is 10.3. The predicted molar refractivity (Wildman–Crippen MR) is 102 cm³/mol. The molecule has 0 radical (unpaired) electrons. The van der Waals surface area contributed by atoms with E-state index in [-0.39, 0.29) is 11.4 Å². The number of benzene rings is 1. The fraction of sp³-hybridized carbons (Fsp3) is 0.412. The Morgan fingerprint density at radius 2 is 2.00 bits per heavy atom. The maximum absolute atomic E-state index is 12.3. The minimum atomic E-state index is -3.60. The van der Waals surface area contributed by atoms with E-state index in [9.17, 15) is 8.42 Å². The molecule has 1 fully saturated rings. The minimum absolute atomic E-state index is 0.165. The Bertz CT molecular complexity index is 856. The minimum Gasteiger partial charge on any atom is -0.497 e. The van der Waals surface area contributed by atoms with Crippen molar-refractivity contribution in [1.82, 2.24) is 14.7 Å². The molecular weight excluding hydrogens is 370 g/mol. The number of rotatable bonds is 8. The van der Waals surface area contributed by atoms with Crippen molar-refractivity contribution < 1.29 is 17.9 Å². The number of anilines is 2. The summed E-state index contributed by atoms with van der Waals surface area (Å²) >= 11 is 0. The third-order valence-corrected chi connectivity index (χ3v) is 5.52. The average Bonchev–Trinajstić information content (AvgIpc) is 2.72. The van der Waals surface area contributed by atoms with Crippen molar-refractivity contribution in [2.75, 3.05) is 56.7 Å². The highest BCUT2D eigenvalue weighted by Gasteiger charge is 2.15. The van der Waals surface area contributed by atoms with E-state index in [0.717, 1.165) is 18.9 Å². The Labute approximate surface area is 158 Å². The molecule has 1 aliphatic rings. The van der Waals surface area contributed by atoms with E-state index in [4.69, 9.17) is 9.47 Å². The van der Waals surface area contributed by atoms with Crippen LogP contribution in [0, 0.1) is 0 Å². The molecule has 1 saturated heterocycles. The first-order chi connectivity index (χ1) is 13.1. The summed E-state index contributed by atoms with van der Waals surface area (Å²) in [5.74, 6) is 1.97. The van der Waals surface area contributed by atoms with E-state index >= 15 is 0 Å². The summed E-state index contributed by atoms with van der Waals surface area (Å²) in [6.45, 7) is 3.55. The molecule has 0 amide bonds. The van der Waals surface area contributed by atoms with Gasteiger partial charge in [-0.3, -0.25) is 0 Å². The molecule has 146 valence electrons. The number of hydrogen-bond acceptors (Lipinski definition) is 8. The molecule has 0 saturated carbocycles. The molecular formula is C17H23N5O4S. The molecule has 0 unspecified atom stereocenters.